The molecule has 3 nitrogen and oxygen atoms in total. The van der Waals surface area contributed by atoms with Crippen molar-refractivity contribution in [2.45, 2.75) is 47.0 Å². The Kier molecular flexibility index (Phi) is 3.62. The number of nitrogens with one attached hydrogen (secondary N) is 1. The molecule has 1 rings (SSSR count). The standard InChI is InChI=1S/C13H22N2O/c1-10(2)12(3,4)9-15-11(16)13(8-14)6-5-7-13/h10H,5-7,9H2,1-4H3,(H,15,16). The number of hydrogen-bond acceptors (Lipinski definition) is 2. The van der Waals surface area contributed by atoms with E-state index in [1.807, 2.05) is 0 Å². The number of rotatable bonds is 4. The highest BCUT2D eigenvalue weighted by atomic mass is 16.2. The van der Waals surface area contributed by atoms with Crippen molar-refractivity contribution < 1.29 is 4.79 Å². The van der Waals surface area contributed by atoms with E-state index in [9.17, 15) is 4.79 Å². The van der Waals surface area contributed by atoms with Crippen LogP contribution in [0, 0.1) is 28.1 Å². The second-order valence-electron chi connectivity index (χ2n) is 5.87. The van der Waals surface area contributed by atoms with Crippen LogP contribution in [0.3, 0.4) is 0 Å². The largest absolute Gasteiger partial charge is 0.354 e. The highest BCUT2D eigenvalue weighted by Crippen LogP contribution is 2.40. The Labute approximate surface area is 98.2 Å². The summed E-state index contributed by atoms with van der Waals surface area (Å²) in [6, 6.07) is 2.17. The van der Waals surface area contributed by atoms with E-state index in [1.165, 1.54) is 0 Å². The van der Waals surface area contributed by atoms with Gasteiger partial charge in [0.15, 0.2) is 0 Å². The fourth-order valence-electron chi connectivity index (χ4n) is 1.60. The molecular weight excluding hydrogens is 200 g/mol. The minimum atomic E-state index is -0.715. The van der Waals surface area contributed by atoms with Crippen molar-refractivity contribution in [3.8, 4) is 6.07 Å². The molecule has 1 aliphatic carbocycles. The summed E-state index contributed by atoms with van der Waals surface area (Å²) in [6.07, 6.45) is 2.43. The summed E-state index contributed by atoms with van der Waals surface area (Å²) in [6.45, 7) is 9.22. The molecule has 1 fully saturated rings. The van der Waals surface area contributed by atoms with Crippen LogP contribution < -0.4 is 5.32 Å². The summed E-state index contributed by atoms with van der Waals surface area (Å²) in [5.41, 5.74) is -0.636. The van der Waals surface area contributed by atoms with E-state index in [0.29, 0.717) is 12.5 Å². The maximum Gasteiger partial charge on any atom is 0.240 e. The molecule has 16 heavy (non-hydrogen) atoms. The Bertz CT molecular complexity index is 308. The van der Waals surface area contributed by atoms with Crippen LogP contribution in [-0.4, -0.2) is 12.5 Å². The Morgan fingerprint density at radius 1 is 1.50 bits per heavy atom. The van der Waals surface area contributed by atoms with Gasteiger partial charge < -0.3 is 5.32 Å². The van der Waals surface area contributed by atoms with Crippen molar-refractivity contribution in [3.05, 3.63) is 0 Å². The minimum Gasteiger partial charge on any atom is -0.354 e. The van der Waals surface area contributed by atoms with Crippen LogP contribution in [0.25, 0.3) is 0 Å². The van der Waals surface area contributed by atoms with Gasteiger partial charge in [0.2, 0.25) is 5.91 Å². The van der Waals surface area contributed by atoms with Crippen molar-refractivity contribution in [3.63, 3.8) is 0 Å². The number of carbonyl (C=O) groups is 1. The van der Waals surface area contributed by atoms with E-state index in [-0.39, 0.29) is 11.3 Å². The minimum absolute atomic E-state index is 0.0741. The molecule has 0 radical (unpaired) electrons. The molecule has 0 aromatic rings. The summed E-state index contributed by atoms with van der Waals surface area (Å²) in [5, 5.41) is 12.0. The van der Waals surface area contributed by atoms with Crippen molar-refractivity contribution in [2.75, 3.05) is 6.54 Å². The summed E-state index contributed by atoms with van der Waals surface area (Å²) >= 11 is 0. The van der Waals surface area contributed by atoms with Gasteiger partial charge in [-0.05, 0) is 30.6 Å². The van der Waals surface area contributed by atoms with Gasteiger partial charge in [0, 0.05) is 6.54 Å². The first kappa shape index (κ1) is 13.0. The number of amides is 1. The molecule has 0 aromatic carbocycles. The third kappa shape index (κ3) is 2.37. The molecule has 3 heteroatoms. The third-order valence-electron chi connectivity index (χ3n) is 4.12. The van der Waals surface area contributed by atoms with Gasteiger partial charge in [0.25, 0.3) is 0 Å². The lowest BCUT2D eigenvalue weighted by Gasteiger charge is -2.36. The lowest BCUT2D eigenvalue weighted by molar-refractivity contribution is -0.132. The highest BCUT2D eigenvalue weighted by molar-refractivity contribution is 5.86. The molecule has 0 bridgehead atoms. The van der Waals surface area contributed by atoms with Gasteiger partial charge in [-0.25, -0.2) is 0 Å². The maximum absolute atomic E-state index is 11.9. The van der Waals surface area contributed by atoms with E-state index in [1.54, 1.807) is 0 Å². The van der Waals surface area contributed by atoms with Gasteiger partial charge in [-0.2, -0.15) is 5.26 Å². The van der Waals surface area contributed by atoms with E-state index in [4.69, 9.17) is 5.26 Å². The van der Waals surface area contributed by atoms with Gasteiger partial charge in [0.1, 0.15) is 5.41 Å². The molecule has 0 atom stereocenters. The molecule has 0 aromatic heterocycles. The first-order chi connectivity index (χ1) is 7.34. The summed E-state index contributed by atoms with van der Waals surface area (Å²) < 4.78 is 0. The van der Waals surface area contributed by atoms with Crippen LogP contribution in [-0.2, 0) is 4.79 Å². The van der Waals surface area contributed by atoms with Crippen LogP contribution in [0.5, 0.6) is 0 Å². The zero-order valence-corrected chi connectivity index (χ0v) is 10.8. The zero-order valence-electron chi connectivity index (χ0n) is 10.8. The molecular formula is C13H22N2O. The number of nitriles is 1. The lowest BCUT2D eigenvalue weighted by atomic mass is 9.69. The topological polar surface area (TPSA) is 52.9 Å². The highest BCUT2D eigenvalue weighted by Gasteiger charge is 2.44. The monoisotopic (exact) mass is 222 g/mol. The fraction of sp³-hybridized carbons (Fsp3) is 0.846. The Balaban J connectivity index is 2.51. The molecule has 0 unspecified atom stereocenters. The first-order valence-corrected chi connectivity index (χ1v) is 6.04. The van der Waals surface area contributed by atoms with Gasteiger partial charge in [-0.1, -0.05) is 27.7 Å². The normalized spacial score (nSPS) is 18.8. The molecule has 0 aliphatic heterocycles. The zero-order chi connectivity index (χ0) is 12.4. The number of hydrogen-bond donors (Lipinski definition) is 1. The van der Waals surface area contributed by atoms with Crippen LogP contribution in [0.15, 0.2) is 0 Å². The fourth-order valence-corrected chi connectivity index (χ4v) is 1.60. The van der Waals surface area contributed by atoms with Crippen LogP contribution in [0.1, 0.15) is 47.0 Å². The lowest BCUT2D eigenvalue weighted by Crippen LogP contribution is -2.48. The van der Waals surface area contributed by atoms with Gasteiger partial charge in [-0.3, -0.25) is 4.79 Å². The molecule has 90 valence electrons. The molecule has 0 spiro atoms. The Morgan fingerprint density at radius 3 is 2.38 bits per heavy atom. The average Bonchev–Trinajstić information content (AvgIpc) is 2.14. The number of nitrogens with zero attached hydrogens (tertiary/aromatic N) is 1. The van der Waals surface area contributed by atoms with Crippen molar-refractivity contribution in [1.82, 2.24) is 5.32 Å². The quantitative estimate of drug-likeness (QED) is 0.794. The summed E-state index contributed by atoms with van der Waals surface area (Å²) in [7, 11) is 0. The van der Waals surface area contributed by atoms with Crippen LogP contribution >= 0.6 is 0 Å². The Hall–Kier alpha value is -1.04. The van der Waals surface area contributed by atoms with E-state index in [2.05, 4.69) is 39.1 Å². The molecule has 1 N–H and O–H groups in total. The van der Waals surface area contributed by atoms with Crippen LogP contribution in [0.2, 0.25) is 0 Å². The maximum atomic E-state index is 11.9. The van der Waals surface area contributed by atoms with Gasteiger partial charge in [0.05, 0.1) is 6.07 Å². The van der Waals surface area contributed by atoms with Crippen LogP contribution in [0.4, 0.5) is 0 Å². The molecule has 0 heterocycles. The molecule has 1 saturated carbocycles. The summed E-state index contributed by atoms with van der Waals surface area (Å²) in [5.74, 6) is 0.433. The first-order valence-electron chi connectivity index (χ1n) is 6.04. The smallest absolute Gasteiger partial charge is 0.240 e. The third-order valence-corrected chi connectivity index (χ3v) is 4.12. The van der Waals surface area contributed by atoms with Crippen molar-refractivity contribution in [2.24, 2.45) is 16.7 Å². The van der Waals surface area contributed by atoms with E-state index < -0.39 is 5.41 Å². The average molecular weight is 222 g/mol. The van der Waals surface area contributed by atoms with Crippen molar-refractivity contribution in [1.29, 1.82) is 5.26 Å². The molecule has 1 amide bonds. The second-order valence-corrected chi connectivity index (χ2v) is 5.87. The predicted molar refractivity (Wildman–Crippen MR) is 63.5 cm³/mol. The Morgan fingerprint density at radius 2 is 2.06 bits per heavy atom. The number of carbonyl (C=O) groups excluding carboxylic acids is 1. The predicted octanol–water partition coefficient (Wildman–Crippen LogP) is 2.48. The molecule has 1 aliphatic rings. The van der Waals surface area contributed by atoms with E-state index in [0.717, 1.165) is 19.3 Å². The van der Waals surface area contributed by atoms with E-state index >= 15 is 0 Å². The summed E-state index contributed by atoms with van der Waals surface area (Å²) in [4.78, 5) is 11.9. The van der Waals surface area contributed by atoms with Gasteiger partial charge in [-0.15, -0.1) is 0 Å². The van der Waals surface area contributed by atoms with Gasteiger partial charge >= 0.3 is 0 Å². The second kappa shape index (κ2) is 4.45. The SMILES string of the molecule is CC(C)C(C)(C)CNC(=O)C1(C#N)CCC1. The molecule has 0 saturated heterocycles. The van der Waals surface area contributed by atoms with Crippen molar-refractivity contribution >= 4 is 5.91 Å².